The number of hydrogen-bond donors (Lipinski definition) is 1. The standard InChI is InChI=1S/C14H18N4O2/c1-3-7-17-8-11(15)13(19)18(14(17)20)9-12-10(2)5-4-6-16-12/h4-6,8H,3,7,9,15H2,1-2H3. The highest BCUT2D eigenvalue weighted by Gasteiger charge is 2.11. The van der Waals surface area contributed by atoms with Crippen LogP contribution in [0.5, 0.6) is 0 Å². The Balaban J connectivity index is 2.54. The molecule has 0 amide bonds. The third-order valence-electron chi connectivity index (χ3n) is 3.15. The van der Waals surface area contributed by atoms with E-state index in [9.17, 15) is 9.59 Å². The van der Waals surface area contributed by atoms with E-state index in [0.29, 0.717) is 12.2 Å². The summed E-state index contributed by atoms with van der Waals surface area (Å²) < 4.78 is 2.61. The van der Waals surface area contributed by atoms with Crippen LogP contribution in [0, 0.1) is 6.92 Å². The summed E-state index contributed by atoms with van der Waals surface area (Å²) in [5, 5.41) is 0. The van der Waals surface area contributed by atoms with Gasteiger partial charge in [0.2, 0.25) is 0 Å². The van der Waals surface area contributed by atoms with Crippen molar-refractivity contribution in [1.82, 2.24) is 14.1 Å². The molecule has 0 radical (unpaired) electrons. The van der Waals surface area contributed by atoms with Crippen molar-refractivity contribution in [2.24, 2.45) is 0 Å². The van der Waals surface area contributed by atoms with Crippen LogP contribution in [0.15, 0.2) is 34.1 Å². The third kappa shape index (κ3) is 2.64. The molecule has 0 aliphatic carbocycles. The van der Waals surface area contributed by atoms with E-state index in [-0.39, 0.29) is 17.9 Å². The van der Waals surface area contributed by atoms with Crippen molar-refractivity contribution in [2.45, 2.75) is 33.4 Å². The minimum Gasteiger partial charge on any atom is -0.393 e. The summed E-state index contributed by atoms with van der Waals surface area (Å²) in [6, 6.07) is 3.71. The number of rotatable bonds is 4. The third-order valence-corrected chi connectivity index (χ3v) is 3.15. The van der Waals surface area contributed by atoms with Crippen LogP contribution in [-0.2, 0) is 13.1 Å². The van der Waals surface area contributed by atoms with E-state index >= 15 is 0 Å². The lowest BCUT2D eigenvalue weighted by atomic mass is 10.2. The first-order chi connectivity index (χ1) is 9.54. The topological polar surface area (TPSA) is 82.9 Å². The first-order valence-electron chi connectivity index (χ1n) is 6.54. The second kappa shape index (κ2) is 5.73. The van der Waals surface area contributed by atoms with E-state index in [1.807, 2.05) is 26.0 Å². The van der Waals surface area contributed by atoms with E-state index < -0.39 is 5.56 Å². The Morgan fingerprint density at radius 1 is 1.35 bits per heavy atom. The lowest BCUT2D eigenvalue weighted by Crippen LogP contribution is -2.41. The van der Waals surface area contributed by atoms with Crippen LogP contribution in [0.25, 0.3) is 0 Å². The summed E-state index contributed by atoms with van der Waals surface area (Å²) in [6.45, 7) is 4.52. The summed E-state index contributed by atoms with van der Waals surface area (Å²) >= 11 is 0. The summed E-state index contributed by atoms with van der Waals surface area (Å²) in [7, 11) is 0. The zero-order valence-electron chi connectivity index (χ0n) is 11.7. The molecular weight excluding hydrogens is 256 g/mol. The van der Waals surface area contributed by atoms with Crippen molar-refractivity contribution in [1.29, 1.82) is 0 Å². The van der Waals surface area contributed by atoms with Crippen molar-refractivity contribution < 1.29 is 0 Å². The minimum absolute atomic E-state index is 0.0756. The number of pyridine rings is 1. The molecule has 2 heterocycles. The zero-order chi connectivity index (χ0) is 14.7. The van der Waals surface area contributed by atoms with Gasteiger partial charge in [-0.15, -0.1) is 0 Å². The van der Waals surface area contributed by atoms with Crippen molar-refractivity contribution in [3.63, 3.8) is 0 Å². The maximum atomic E-state index is 12.3. The molecule has 6 heteroatoms. The minimum atomic E-state index is -0.465. The van der Waals surface area contributed by atoms with Gasteiger partial charge in [0.25, 0.3) is 5.56 Å². The molecule has 20 heavy (non-hydrogen) atoms. The molecular formula is C14H18N4O2. The predicted molar refractivity (Wildman–Crippen MR) is 77.7 cm³/mol. The Hall–Kier alpha value is -2.37. The van der Waals surface area contributed by atoms with Crippen LogP contribution < -0.4 is 17.0 Å². The van der Waals surface area contributed by atoms with Gasteiger partial charge in [-0.25, -0.2) is 4.79 Å². The largest absolute Gasteiger partial charge is 0.393 e. The Labute approximate surface area is 116 Å². The van der Waals surface area contributed by atoms with E-state index in [1.54, 1.807) is 6.20 Å². The fraction of sp³-hybridized carbons (Fsp3) is 0.357. The highest BCUT2D eigenvalue weighted by atomic mass is 16.2. The molecule has 106 valence electrons. The Bertz CT molecular complexity index is 731. The molecule has 0 atom stereocenters. The monoisotopic (exact) mass is 274 g/mol. The normalized spacial score (nSPS) is 10.7. The zero-order valence-corrected chi connectivity index (χ0v) is 11.7. The van der Waals surface area contributed by atoms with Gasteiger partial charge in [-0.1, -0.05) is 13.0 Å². The molecule has 2 rings (SSSR count). The molecule has 0 aliphatic heterocycles. The van der Waals surface area contributed by atoms with E-state index in [4.69, 9.17) is 5.73 Å². The maximum absolute atomic E-state index is 12.3. The fourth-order valence-electron chi connectivity index (χ4n) is 2.05. The lowest BCUT2D eigenvalue weighted by molar-refractivity contribution is 0.569. The number of nitrogens with two attached hydrogens (primary N) is 1. The molecule has 2 aromatic rings. The summed E-state index contributed by atoms with van der Waals surface area (Å²) in [4.78, 5) is 28.6. The Kier molecular flexibility index (Phi) is 4.02. The van der Waals surface area contributed by atoms with E-state index in [2.05, 4.69) is 4.98 Å². The number of anilines is 1. The number of nitrogen functional groups attached to an aromatic ring is 1. The molecule has 0 fully saturated rings. The van der Waals surface area contributed by atoms with Crippen molar-refractivity contribution in [3.8, 4) is 0 Å². The quantitative estimate of drug-likeness (QED) is 0.892. The van der Waals surface area contributed by atoms with Gasteiger partial charge in [0, 0.05) is 18.9 Å². The highest BCUT2D eigenvalue weighted by molar-refractivity contribution is 5.31. The summed E-state index contributed by atoms with van der Waals surface area (Å²) in [5.41, 5.74) is 6.59. The summed E-state index contributed by atoms with van der Waals surface area (Å²) in [5.74, 6) is 0. The van der Waals surface area contributed by atoms with Gasteiger partial charge >= 0.3 is 5.69 Å². The second-order valence-corrected chi connectivity index (χ2v) is 4.72. The second-order valence-electron chi connectivity index (χ2n) is 4.72. The Morgan fingerprint density at radius 2 is 2.10 bits per heavy atom. The van der Waals surface area contributed by atoms with Gasteiger partial charge in [0.15, 0.2) is 0 Å². The Morgan fingerprint density at radius 3 is 2.75 bits per heavy atom. The highest BCUT2D eigenvalue weighted by Crippen LogP contribution is 2.04. The summed E-state index contributed by atoms with van der Waals surface area (Å²) in [6.07, 6.45) is 3.85. The van der Waals surface area contributed by atoms with E-state index in [1.165, 1.54) is 10.8 Å². The van der Waals surface area contributed by atoms with Crippen LogP contribution in [0.4, 0.5) is 5.69 Å². The SMILES string of the molecule is CCCn1cc(N)c(=O)n(Cc2ncccc2C)c1=O. The molecule has 0 spiro atoms. The fourth-order valence-corrected chi connectivity index (χ4v) is 2.05. The molecule has 0 aromatic carbocycles. The molecule has 2 aromatic heterocycles. The van der Waals surface area contributed by atoms with Crippen LogP contribution >= 0.6 is 0 Å². The van der Waals surface area contributed by atoms with Gasteiger partial charge in [-0.3, -0.25) is 18.9 Å². The number of aromatic nitrogens is 3. The number of nitrogens with zero attached hydrogens (tertiary/aromatic N) is 3. The lowest BCUT2D eigenvalue weighted by Gasteiger charge is -2.11. The van der Waals surface area contributed by atoms with Gasteiger partial charge in [-0.2, -0.15) is 0 Å². The van der Waals surface area contributed by atoms with Gasteiger partial charge < -0.3 is 5.73 Å². The molecule has 6 nitrogen and oxygen atoms in total. The predicted octanol–water partition coefficient (Wildman–Crippen LogP) is 0.754. The molecule has 0 aliphatic rings. The first-order valence-corrected chi connectivity index (χ1v) is 6.54. The maximum Gasteiger partial charge on any atom is 0.331 e. The van der Waals surface area contributed by atoms with Crippen molar-refractivity contribution in [2.75, 3.05) is 5.73 Å². The molecule has 0 saturated heterocycles. The molecule has 0 saturated carbocycles. The van der Waals surface area contributed by atoms with Gasteiger partial charge in [0.05, 0.1) is 12.2 Å². The van der Waals surface area contributed by atoms with E-state index in [0.717, 1.165) is 16.6 Å². The van der Waals surface area contributed by atoms with Gasteiger partial charge in [-0.05, 0) is 25.0 Å². The number of hydrogen-bond acceptors (Lipinski definition) is 4. The molecule has 0 unspecified atom stereocenters. The average molecular weight is 274 g/mol. The van der Waals surface area contributed by atoms with Crippen LogP contribution in [0.3, 0.4) is 0 Å². The smallest absolute Gasteiger partial charge is 0.331 e. The first kappa shape index (κ1) is 14.0. The molecule has 0 bridgehead atoms. The van der Waals surface area contributed by atoms with Crippen molar-refractivity contribution in [3.05, 3.63) is 56.6 Å². The average Bonchev–Trinajstić information content (AvgIpc) is 2.43. The van der Waals surface area contributed by atoms with Crippen LogP contribution in [0.2, 0.25) is 0 Å². The van der Waals surface area contributed by atoms with Gasteiger partial charge in [0.1, 0.15) is 5.69 Å². The van der Waals surface area contributed by atoms with Crippen molar-refractivity contribution >= 4 is 5.69 Å². The molecule has 2 N–H and O–H groups in total. The van der Waals surface area contributed by atoms with Crippen LogP contribution in [-0.4, -0.2) is 14.1 Å². The number of aryl methyl sites for hydroxylation is 2. The van der Waals surface area contributed by atoms with Crippen LogP contribution in [0.1, 0.15) is 24.6 Å².